The van der Waals surface area contributed by atoms with E-state index in [1.807, 2.05) is 24.3 Å². The van der Waals surface area contributed by atoms with Crippen LogP contribution in [0.25, 0.3) is 0 Å². The van der Waals surface area contributed by atoms with Crippen molar-refractivity contribution in [2.75, 3.05) is 0 Å². The van der Waals surface area contributed by atoms with Crippen molar-refractivity contribution in [3.63, 3.8) is 0 Å². The van der Waals surface area contributed by atoms with Crippen molar-refractivity contribution in [1.29, 1.82) is 0 Å². The molecule has 156 valence electrons. The van der Waals surface area contributed by atoms with Crippen LogP contribution in [0, 0.1) is 5.92 Å². The lowest BCUT2D eigenvalue weighted by atomic mass is 9.99. The molecule has 0 aliphatic heterocycles. The number of benzene rings is 2. The maximum Gasteiger partial charge on any atom is 0.238 e. The fourth-order valence-corrected chi connectivity index (χ4v) is 3.53. The minimum absolute atomic E-state index is 0.0183. The lowest BCUT2D eigenvalue weighted by Crippen LogP contribution is -2.27. The van der Waals surface area contributed by atoms with Gasteiger partial charge in [0.25, 0.3) is 0 Å². The summed E-state index contributed by atoms with van der Waals surface area (Å²) in [5.41, 5.74) is 2.55. The van der Waals surface area contributed by atoms with Crippen LogP contribution >= 0.6 is 0 Å². The maximum atomic E-state index is 12.3. The van der Waals surface area contributed by atoms with Crippen LogP contribution in [0.2, 0.25) is 0 Å². The van der Waals surface area contributed by atoms with E-state index in [4.69, 9.17) is 5.14 Å². The van der Waals surface area contributed by atoms with E-state index < -0.39 is 10.0 Å². The van der Waals surface area contributed by atoms with Gasteiger partial charge in [-0.1, -0.05) is 50.2 Å². The van der Waals surface area contributed by atoms with Crippen LogP contribution < -0.4 is 10.5 Å². The van der Waals surface area contributed by atoms with Gasteiger partial charge >= 0.3 is 0 Å². The van der Waals surface area contributed by atoms with Crippen LogP contribution in [0.4, 0.5) is 0 Å². The second-order valence-corrected chi connectivity index (χ2v) is 9.18. The van der Waals surface area contributed by atoms with E-state index in [0.717, 1.165) is 12.0 Å². The van der Waals surface area contributed by atoms with E-state index in [9.17, 15) is 18.0 Å². The van der Waals surface area contributed by atoms with Gasteiger partial charge in [0.05, 0.1) is 10.9 Å². The first-order chi connectivity index (χ1) is 13.6. The Labute approximate surface area is 172 Å². The molecule has 1 atom stereocenters. The van der Waals surface area contributed by atoms with Crippen molar-refractivity contribution in [3.8, 4) is 0 Å². The summed E-state index contributed by atoms with van der Waals surface area (Å²) in [6.07, 6.45) is 1.19. The molecule has 0 saturated carbocycles. The van der Waals surface area contributed by atoms with Crippen LogP contribution in [0.1, 0.15) is 61.1 Å². The van der Waals surface area contributed by atoms with Crippen molar-refractivity contribution in [1.82, 2.24) is 5.32 Å². The Morgan fingerprint density at radius 1 is 0.931 bits per heavy atom. The third-order valence-corrected chi connectivity index (χ3v) is 5.51. The molecular formula is C22H28N2O4S. The molecule has 0 aromatic heterocycles. The number of primary sulfonamides is 1. The molecule has 1 amide bonds. The van der Waals surface area contributed by atoms with Crippen LogP contribution in [0.3, 0.4) is 0 Å². The topological polar surface area (TPSA) is 106 Å². The van der Waals surface area contributed by atoms with E-state index in [-0.39, 0.29) is 35.5 Å². The Balaban J connectivity index is 1.86. The van der Waals surface area contributed by atoms with Crippen molar-refractivity contribution < 1.29 is 18.0 Å². The fraction of sp³-hybridized carbons (Fsp3) is 0.364. The number of nitrogens with two attached hydrogens (primary N) is 1. The molecule has 2 rings (SSSR count). The molecule has 0 radical (unpaired) electrons. The zero-order valence-corrected chi connectivity index (χ0v) is 17.8. The quantitative estimate of drug-likeness (QED) is 0.611. The van der Waals surface area contributed by atoms with Crippen LogP contribution in [-0.4, -0.2) is 20.1 Å². The van der Waals surface area contributed by atoms with Gasteiger partial charge in [0.1, 0.15) is 0 Å². The van der Waals surface area contributed by atoms with E-state index in [0.29, 0.717) is 11.5 Å². The first-order valence-corrected chi connectivity index (χ1v) is 11.1. The summed E-state index contributed by atoms with van der Waals surface area (Å²) in [6.45, 7) is 6.08. The monoisotopic (exact) mass is 416 g/mol. The van der Waals surface area contributed by atoms with Crippen molar-refractivity contribution >= 4 is 21.7 Å². The molecule has 2 aromatic carbocycles. The largest absolute Gasteiger partial charge is 0.350 e. The van der Waals surface area contributed by atoms with Gasteiger partial charge in [-0.05, 0) is 42.5 Å². The van der Waals surface area contributed by atoms with E-state index in [1.54, 1.807) is 19.1 Å². The Kier molecular flexibility index (Phi) is 7.70. The molecule has 29 heavy (non-hydrogen) atoms. The number of sulfonamides is 1. The smallest absolute Gasteiger partial charge is 0.238 e. The van der Waals surface area contributed by atoms with Crippen LogP contribution in [-0.2, 0) is 21.2 Å². The van der Waals surface area contributed by atoms with Gasteiger partial charge in [0, 0.05) is 18.4 Å². The summed E-state index contributed by atoms with van der Waals surface area (Å²) in [5.74, 6) is 0.248. The number of nitrogens with one attached hydrogen (secondary N) is 1. The molecule has 0 fully saturated rings. The zero-order chi connectivity index (χ0) is 21.6. The minimum atomic E-state index is -3.75. The predicted molar refractivity (Wildman–Crippen MR) is 113 cm³/mol. The molecule has 1 unspecified atom stereocenters. The minimum Gasteiger partial charge on any atom is -0.350 e. The number of ketones is 1. The molecule has 6 nitrogen and oxygen atoms in total. The average Bonchev–Trinajstić information content (AvgIpc) is 2.65. The van der Waals surface area contributed by atoms with Crippen LogP contribution in [0.5, 0.6) is 0 Å². The molecule has 0 aliphatic carbocycles. The predicted octanol–water partition coefficient (Wildman–Crippen LogP) is 3.37. The second kappa shape index (κ2) is 9.80. The number of hydrogen-bond acceptors (Lipinski definition) is 4. The number of rotatable bonds is 9. The van der Waals surface area contributed by atoms with Gasteiger partial charge in [0.2, 0.25) is 15.9 Å². The highest BCUT2D eigenvalue weighted by atomic mass is 32.2. The van der Waals surface area contributed by atoms with Crippen molar-refractivity contribution in [2.24, 2.45) is 11.1 Å². The average molecular weight is 417 g/mol. The molecule has 7 heteroatoms. The number of carbonyl (C=O) groups excluding carboxylic acids is 2. The summed E-state index contributed by atoms with van der Waals surface area (Å²) < 4.78 is 22.6. The Bertz CT molecular complexity index is 949. The summed E-state index contributed by atoms with van der Waals surface area (Å²) in [4.78, 5) is 24.5. The lowest BCUT2D eigenvalue weighted by molar-refractivity contribution is -0.121. The SMILES string of the molecule is CC(C)Cc1ccc(C(=O)CCC(=O)NC(C)c2ccc(S(N)(=O)=O)cc2)cc1. The van der Waals surface area contributed by atoms with Gasteiger partial charge in [-0.15, -0.1) is 0 Å². The maximum absolute atomic E-state index is 12.3. The Morgan fingerprint density at radius 3 is 2.03 bits per heavy atom. The van der Waals surface area contributed by atoms with Gasteiger partial charge in [-0.2, -0.15) is 0 Å². The van der Waals surface area contributed by atoms with Crippen molar-refractivity contribution in [3.05, 3.63) is 65.2 Å². The molecule has 0 saturated heterocycles. The third kappa shape index (κ3) is 7.11. The van der Waals surface area contributed by atoms with Gasteiger partial charge in [0.15, 0.2) is 5.78 Å². The number of carbonyl (C=O) groups is 2. The first-order valence-electron chi connectivity index (χ1n) is 9.60. The molecule has 3 N–H and O–H groups in total. The number of Topliss-reactive ketones (excluding diaryl/α,β-unsaturated/α-hetero) is 1. The van der Waals surface area contributed by atoms with Crippen LogP contribution in [0.15, 0.2) is 53.4 Å². The zero-order valence-electron chi connectivity index (χ0n) is 17.0. The first kappa shape index (κ1) is 22.8. The molecule has 0 spiro atoms. The standard InChI is InChI=1S/C22H28N2O4S/c1-15(2)14-17-4-6-19(7-5-17)21(25)12-13-22(26)24-16(3)18-8-10-20(11-9-18)29(23,27)28/h4-11,15-16H,12-14H2,1-3H3,(H,24,26)(H2,23,27,28). The van der Waals surface area contributed by atoms with E-state index >= 15 is 0 Å². The molecular weight excluding hydrogens is 388 g/mol. The van der Waals surface area contributed by atoms with Gasteiger partial charge in [-0.25, -0.2) is 13.6 Å². The summed E-state index contributed by atoms with van der Waals surface area (Å²) >= 11 is 0. The van der Waals surface area contributed by atoms with Crippen molar-refractivity contribution in [2.45, 2.75) is 51.0 Å². The lowest BCUT2D eigenvalue weighted by Gasteiger charge is -2.14. The van der Waals surface area contributed by atoms with E-state index in [2.05, 4.69) is 19.2 Å². The summed E-state index contributed by atoms with van der Waals surface area (Å²) in [5, 5.41) is 7.90. The summed E-state index contributed by atoms with van der Waals surface area (Å²) in [7, 11) is -3.75. The highest BCUT2D eigenvalue weighted by Crippen LogP contribution is 2.16. The third-order valence-electron chi connectivity index (χ3n) is 4.59. The summed E-state index contributed by atoms with van der Waals surface area (Å²) in [6, 6.07) is 13.2. The normalized spacial score (nSPS) is 12.6. The fourth-order valence-electron chi connectivity index (χ4n) is 3.01. The molecule has 0 bridgehead atoms. The van der Waals surface area contributed by atoms with E-state index in [1.165, 1.54) is 17.7 Å². The highest BCUT2D eigenvalue weighted by Gasteiger charge is 2.14. The number of amides is 1. The van der Waals surface area contributed by atoms with Gasteiger partial charge in [-0.3, -0.25) is 9.59 Å². The molecule has 0 heterocycles. The number of hydrogen-bond donors (Lipinski definition) is 2. The van der Waals surface area contributed by atoms with Gasteiger partial charge < -0.3 is 5.32 Å². The molecule has 0 aliphatic rings. The Morgan fingerprint density at radius 2 is 1.52 bits per heavy atom. The molecule has 2 aromatic rings. The highest BCUT2D eigenvalue weighted by molar-refractivity contribution is 7.89. The Hall–Kier alpha value is -2.51. The second-order valence-electron chi connectivity index (χ2n) is 7.62.